The highest BCUT2D eigenvalue weighted by atomic mass is 16.5. The van der Waals surface area contributed by atoms with Crippen molar-refractivity contribution >= 4 is 5.84 Å². The molecule has 0 aliphatic heterocycles. The third-order valence-electron chi connectivity index (χ3n) is 4.68. The predicted molar refractivity (Wildman–Crippen MR) is 83.7 cm³/mol. The molecule has 1 fully saturated rings. The number of benzene rings is 1. The first-order valence-electron chi connectivity index (χ1n) is 7.45. The van der Waals surface area contributed by atoms with Gasteiger partial charge in [-0.05, 0) is 42.4 Å². The molecule has 0 spiro atoms. The molecule has 3 unspecified atom stereocenters. The third kappa shape index (κ3) is 3.47. The first kappa shape index (κ1) is 15.6. The lowest BCUT2D eigenvalue weighted by Crippen LogP contribution is -2.32. The highest BCUT2D eigenvalue weighted by Gasteiger charge is 2.29. The van der Waals surface area contributed by atoms with E-state index in [1.807, 2.05) is 18.2 Å². The molecule has 0 heterocycles. The van der Waals surface area contributed by atoms with Crippen molar-refractivity contribution in [2.24, 2.45) is 22.7 Å². The fourth-order valence-electron chi connectivity index (χ4n) is 3.02. The molecule has 5 nitrogen and oxygen atoms in total. The van der Waals surface area contributed by atoms with Crippen molar-refractivity contribution in [1.29, 1.82) is 0 Å². The Morgan fingerprint density at radius 3 is 2.76 bits per heavy atom. The number of ether oxygens (including phenoxy) is 1. The highest BCUT2D eigenvalue weighted by Crippen LogP contribution is 2.31. The lowest BCUT2D eigenvalue weighted by Gasteiger charge is -2.20. The van der Waals surface area contributed by atoms with Gasteiger partial charge in [0.1, 0.15) is 5.75 Å². The largest absolute Gasteiger partial charge is 0.496 e. The van der Waals surface area contributed by atoms with Crippen LogP contribution < -0.4 is 15.8 Å². The van der Waals surface area contributed by atoms with Crippen molar-refractivity contribution in [2.45, 2.75) is 39.3 Å². The second-order valence-electron chi connectivity index (χ2n) is 5.92. The molecule has 21 heavy (non-hydrogen) atoms. The van der Waals surface area contributed by atoms with Gasteiger partial charge in [0.15, 0.2) is 5.84 Å². The summed E-state index contributed by atoms with van der Waals surface area (Å²) < 4.78 is 5.24. The van der Waals surface area contributed by atoms with Crippen LogP contribution in [0.2, 0.25) is 0 Å². The second-order valence-corrected chi connectivity index (χ2v) is 5.92. The Morgan fingerprint density at radius 2 is 2.19 bits per heavy atom. The molecular weight excluding hydrogens is 266 g/mol. The van der Waals surface area contributed by atoms with Crippen LogP contribution in [0.15, 0.2) is 23.4 Å². The minimum Gasteiger partial charge on any atom is -0.496 e. The standard InChI is InChI=1S/C16H25N3O2/c1-10-4-6-14(11(10)2)18-9-12-5-7-15(21-3)13(8-12)16(17)19-20/h5,7-8,10-11,14,18,20H,4,6,9H2,1-3H3,(H2,17,19). The van der Waals surface area contributed by atoms with Crippen LogP contribution >= 0.6 is 0 Å². The zero-order valence-corrected chi connectivity index (χ0v) is 13.0. The first-order valence-corrected chi connectivity index (χ1v) is 7.45. The Labute approximate surface area is 126 Å². The average molecular weight is 291 g/mol. The molecule has 0 radical (unpaired) electrons. The van der Waals surface area contributed by atoms with Gasteiger partial charge < -0.3 is 21.0 Å². The van der Waals surface area contributed by atoms with E-state index in [1.54, 1.807) is 7.11 Å². The molecule has 1 aliphatic carbocycles. The van der Waals surface area contributed by atoms with Gasteiger partial charge in [-0.3, -0.25) is 0 Å². The number of methoxy groups -OCH3 is 1. The smallest absolute Gasteiger partial charge is 0.173 e. The Balaban J connectivity index is 2.07. The maximum atomic E-state index is 8.86. The van der Waals surface area contributed by atoms with Crippen molar-refractivity contribution in [3.63, 3.8) is 0 Å². The van der Waals surface area contributed by atoms with E-state index in [1.165, 1.54) is 12.8 Å². The van der Waals surface area contributed by atoms with Crippen molar-refractivity contribution in [3.05, 3.63) is 29.3 Å². The molecule has 1 aromatic carbocycles. The molecule has 5 heteroatoms. The topological polar surface area (TPSA) is 79.9 Å². The van der Waals surface area contributed by atoms with Gasteiger partial charge in [-0.1, -0.05) is 25.1 Å². The molecule has 1 saturated carbocycles. The maximum absolute atomic E-state index is 8.86. The van der Waals surface area contributed by atoms with E-state index in [9.17, 15) is 0 Å². The Kier molecular flexibility index (Phi) is 5.07. The monoisotopic (exact) mass is 291 g/mol. The Hall–Kier alpha value is -1.75. The van der Waals surface area contributed by atoms with Crippen LogP contribution in [0, 0.1) is 11.8 Å². The quantitative estimate of drug-likeness (QED) is 0.336. The van der Waals surface area contributed by atoms with Crippen molar-refractivity contribution < 1.29 is 9.94 Å². The van der Waals surface area contributed by atoms with E-state index in [0.717, 1.165) is 18.0 Å². The van der Waals surface area contributed by atoms with E-state index in [4.69, 9.17) is 15.7 Å². The van der Waals surface area contributed by atoms with Gasteiger partial charge in [-0.25, -0.2) is 0 Å². The normalized spacial score (nSPS) is 26.0. The molecule has 2 rings (SSSR count). The lowest BCUT2D eigenvalue weighted by atomic mass is 9.97. The molecular formula is C16H25N3O2. The van der Waals surface area contributed by atoms with Crippen LogP contribution in [0.3, 0.4) is 0 Å². The summed E-state index contributed by atoms with van der Waals surface area (Å²) in [5.41, 5.74) is 7.42. The van der Waals surface area contributed by atoms with E-state index in [-0.39, 0.29) is 5.84 Å². The van der Waals surface area contributed by atoms with Crippen LogP contribution in [0.5, 0.6) is 5.75 Å². The molecule has 0 amide bonds. The number of amidine groups is 1. The number of nitrogens with zero attached hydrogens (tertiary/aromatic N) is 1. The maximum Gasteiger partial charge on any atom is 0.173 e. The summed E-state index contributed by atoms with van der Waals surface area (Å²) >= 11 is 0. The number of nitrogens with two attached hydrogens (primary N) is 1. The van der Waals surface area contributed by atoms with Gasteiger partial charge in [-0.15, -0.1) is 0 Å². The predicted octanol–water partition coefficient (Wildman–Crippen LogP) is 2.31. The molecule has 116 valence electrons. The SMILES string of the molecule is COc1ccc(CNC2CCC(C)C2C)cc1C(N)=NO. The van der Waals surface area contributed by atoms with Crippen LogP contribution in [0.25, 0.3) is 0 Å². The zero-order valence-electron chi connectivity index (χ0n) is 13.0. The third-order valence-corrected chi connectivity index (χ3v) is 4.68. The Bertz CT molecular complexity index is 516. The zero-order chi connectivity index (χ0) is 15.4. The molecule has 0 aromatic heterocycles. The van der Waals surface area contributed by atoms with Gasteiger partial charge in [0.05, 0.1) is 12.7 Å². The molecule has 1 aromatic rings. The molecule has 4 N–H and O–H groups in total. The van der Waals surface area contributed by atoms with Crippen molar-refractivity contribution in [1.82, 2.24) is 5.32 Å². The molecule has 1 aliphatic rings. The number of hydrogen-bond donors (Lipinski definition) is 3. The lowest BCUT2D eigenvalue weighted by molar-refractivity contribution is 0.318. The van der Waals surface area contributed by atoms with E-state index >= 15 is 0 Å². The minimum absolute atomic E-state index is 0.0663. The molecule has 0 bridgehead atoms. The highest BCUT2D eigenvalue weighted by molar-refractivity contribution is 5.99. The summed E-state index contributed by atoms with van der Waals surface area (Å²) in [6.45, 7) is 5.40. The molecule has 0 saturated heterocycles. The van der Waals surface area contributed by atoms with Crippen LogP contribution in [0.4, 0.5) is 0 Å². The summed E-state index contributed by atoms with van der Waals surface area (Å²) in [4.78, 5) is 0. The van der Waals surface area contributed by atoms with Gasteiger partial charge in [0.25, 0.3) is 0 Å². The van der Waals surface area contributed by atoms with Crippen molar-refractivity contribution in [3.8, 4) is 5.75 Å². The van der Waals surface area contributed by atoms with Crippen LogP contribution in [-0.4, -0.2) is 24.2 Å². The minimum atomic E-state index is 0.0663. The second kappa shape index (κ2) is 6.80. The van der Waals surface area contributed by atoms with Gasteiger partial charge >= 0.3 is 0 Å². The van der Waals surface area contributed by atoms with Crippen LogP contribution in [0.1, 0.15) is 37.8 Å². The summed E-state index contributed by atoms with van der Waals surface area (Å²) in [7, 11) is 1.57. The van der Waals surface area contributed by atoms with E-state index < -0.39 is 0 Å². The summed E-state index contributed by atoms with van der Waals surface area (Å²) in [5, 5.41) is 15.5. The van der Waals surface area contributed by atoms with Gasteiger partial charge in [0, 0.05) is 12.6 Å². The number of hydrogen-bond acceptors (Lipinski definition) is 4. The number of rotatable bonds is 5. The fraction of sp³-hybridized carbons (Fsp3) is 0.562. The first-order chi connectivity index (χ1) is 10.1. The summed E-state index contributed by atoms with van der Waals surface area (Å²) in [6, 6.07) is 6.33. The van der Waals surface area contributed by atoms with Gasteiger partial charge in [-0.2, -0.15) is 0 Å². The average Bonchev–Trinajstić information content (AvgIpc) is 2.83. The van der Waals surface area contributed by atoms with Crippen molar-refractivity contribution in [2.75, 3.05) is 7.11 Å². The Morgan fingerprint density at radius 1 is 1.43 bits per heavy atom. The van der Waals surface area contributed by atoms with E-state index in [2.05, 4.69) is 24.3 Å². The van der Waals surface area contributed by atoms with E-state index in [0.29, 0.717) is 23.3 Å². The summed E-state index contributed by atoms with van der Waals surface area (Å²) in [6.07, 6.45) is 2.52. The molecule has 3 atom stereocenters. The van der Waals surface area contributed by atoms with Gasteiger partial charge in [0.2, 0.25) is 0 Å². The number of nitrogens with one attached hydrogen (secondary N) is 1. The fourth-order valence-corrected chi connectivity index (χ4v) is 3.02. The number of oxime groups is 1. The van der Waals surface area contributed by atoms with Crippen LogP contribution in [-0.2, 0) is 6.54 Å². The summed E-state index contributed by atoms with van der Waals surface area (Å²) in [5.74, 6) is 2.16.